The Hall–Kier alpha value is -1.30. The number of urea groups is 1. The molecule has 1 aliphatic carbocycles. The molecule has 0 spiro atoms. The molecule has 0 aromatic carbocycles. The highest BCUT2D eigenvalue weighted by Gasteiger charge is 2.33. The zero-order valence-corrected chi connectivity index (χ0v) is 10.4. The monoisotopic (exact) mass is 244 g/mol. The van der Waals surface area contributed by atoms with Crippen molar-refractivity contribution in [1.29, 1.82) is 0 Å². The van der Waals surface area contributed by atoms with Crippen molar-refractivity contribution in [2.24, 2.45) is 0 Å². The normalized spacial score (nSPS) is 14.5. The highest BCUT2D eigenvalue weighted by molar-refractivity contribution is 5.75. The molecular formula is C11H20N2O4. The molecule has 1 fully saturated rings. The number of methoxy groups -OCH3 is 1. The Balaban J connectivity index is 2.42. The van der Waals surface area contributed by atoms with Gasteiger partial charge in [0.15, 0.2) is 0 Å². The van der Waals surface area contributed by atoms with E-state index in [-0.39, 0.29) is 19.0 Å². The second-order valence-corrected chi connectivity index (χ2v) is 4.27. The number of aliphatic carboxylic acids is 1. The van der Waals surface area contributed by atoms with Crippen LogP contribution in [0.25, 0.3) is 0 Å². The van der Waals surface area contributed by atoms with Gasteiger partial charge in [-0.2, -0.15) is 0 Å². The summed E-state index contributed by atoms with van der Waals surface area (Å²) in [5, 5.41) is 8.57. The molecule has 0 saturated heterocycles. The van der Waals surface area contributed by atoms with Crippen molar-refractivity contribution in [1.82, 2.24) is 9.80 Å². The largest absolute Gasteiger partial charge is 0.481 e. The van der Waals surface area contributed by atoms with E-state index in [9.17, 15) is 9.59 Å². The summed E-state index contributed by atoms with van der Waals surface area (Å²) in [4.78, 5) is 25.7. The molecule has 1 N–H and O–H groups in total. The van der Waals surface area contributed by atoms with Crippen LogP contribution in [0, 0.1) is 0 Å². The molecule has 0 aromatic heterocycles. The Morgan fingerprint density at radius 1 is 1.35 bits per heavy atom. The molecule has 1 aliphatic rings. The van der Waals surface area contributed by atoms with Crippen LogP contribution in [-0.2, 0) is 9.53 Å². The SMILES string of the molecule is COCCN(C(=O)N(C)CCC(=O)O)C1CC1. The summed E-state index contributed by atoms with van der Waals surface area (Å²) in [6.07, 6.45) is 2.04. The summed E-state index contributed by atoms with van der Waals surface area (Å²) in [6, 6.07) is 0.204. The average Bonchev–Trinajstić information content (AvgIpc) is 3.10. The van der Waals surface area contributed by atoms with E-state index in [1.807, 2.05) is 0 Å². The quantitative estimate of drug-likeness (QED) is 0.713. The van der Waals surface area contributed by atoms with Gasteiger partial charge in [0, 0.05) is 33.3 Å². The predicted molar refractivity (Wildman–Crippen MR) is 61.9 cm³/mol. The minimum Gasteiger partial charge on any atom is -0.481 e. The number of hydrogen-bond donors (Lipinski definition) is 1. The maximum Gasteiger partial charge on any atom is 0.320 e. The summed E-state index contributed by atoms with van der Waals surface area (Å²) < 4.78 is 4.97. The Bertz CT molecular complexity index is 279. The number of carbonyl (C=O) groups excluding carboxylic acids is 1. The molecule has 0 radical (unpaired) electrons. The van der Waals surface area contributed by atoms with E-state index in [2.05, 4.69) is 0 Å². The molecule has 0 bridgehead atoms. The van der Waals surface area contributed by atoms with E-state index in [0.29, 0.717) is 19.2 Å². The van der Waals surface area contributed by atoms with E-state index < -0.39 is 5.97 Å². The van der Waals surface area contributed by atoms with Gasteiger partial charge in [-0.3, -0.25) is 4.79 Å². The van der Waals surface area contributed by atoms with E-state index >= 15 is 0 Å². The average molecular weight is 244 g/mol. The zero-order chi connectivity index (χ0) is 12.8. The summed E-state index contributed by atoms with van der Waals surface area (Å²) in [5.74, 6) is -0.889. The predicted octanol–water partition coefficient (Wildman–Crippen LogP) is 0.624. The standard InChI is InChI=1S/C11H20N2O4/c1-12(6-5-10(14)15)11(16)13(7-8-17-2)9-3-4-9/h9H,3-8H2,1-2H3,(H,14,15). The van der Waals surface area contributed by atoms with Gasteiger partial charge in [-0.1, -0.05) is 0 Å². The van der Waals surface area contributed by atoms with Crippen LogP contribution in [-0.4, -0.2) is 66.8 Å². The minimum atomic E-state index is -0.889. The van der Waals surface area contributed by atoms with Crippen LogP contribution in [0.5, 0.6) is 0 Å². The van der Waals surface area contributed by atoms with E-state index in [0.717, 1.165) is 12.8 Å². The number of carboxylic acids is 1. The van der Waals surface area contributed by atoms with E-state index in [4.69, 9.17) is 9.84 Å². The highest BCUT2D eigenvalue weighted by atomic mass is 16.5. The topological polar surface area (TPSA) is 70.1 Å². The molecule has 6 nitrogen and oxygen atoms in total. The Kier molecular flexibility index (Phi) is 5.21. The summed E-state index contributed by atoms with van der Waals surface area (Å²) in [6.45, 7) is 1.32. The number of hydrogen-bond acceptors (Lipinski definition) is 3. The zero-order valence-electron chi connectivity index (χ0n) is 10.4. The van der Waals surface area contributed by atoms with Gasteiger partial charge in [0.25, 0.3) is 0 Å². The Labute approximate surface area is 101 Å². The molecule has 0 heterocycles. The van der Waals surface area contributed by atoms with Crippen LogP contribution < -0.4 is 0 Å². The van der Waals surface area contributed by atoms with Gasteiger partial charge >= 0.3 is 12.0 Å². The molecule has 2 amide bonds. The number of nitrogens with zero attached hydrogens (tertiary/aromatic N) is 2. The fraction of sp³-hybridized carbons (Fsp3) is 0.818. The Morgan fingerprint density at radius 2 is 2.00 bits per heavy atom. The molecule has 6 heteroatoms. The minimum absolute atomic E-state index is 0.0228. The third-order valence-electron chi connectivity index (χ3n) is 2.76. The fourth-order valence-electron chi connectivity index (χ4n) is 1.59. The van der Waals surface area contributed by atoms with Crippen molar-refractivity contribution in [2.75, 3.05) is 33.9 Å². The molecule has 0 aromatic rings. The lowest BCUT2D eigenvalue weighted by atomic mass is 10.4. The van der Waals surface area contributed by atoms with E-state index in [1.54, 1.807) is 19.1 Å². The van der Waals surface area contributed by atoms with Crippen molar-refractivity contribution in [3.05, 3.63) is 0 Å². The van der Waals surface area contributed by atoms with Crippen LogP contribution in [0.2, 0.25) is 0 Å². The molecule has 1 rings (SSSR count). The van der Waals surface area contributed by atoms with Crippen LogP contribution >= 0.6 is 0 Å². The molecule has 1 saturated carbocycles. The fourth-order valence-corrected chi connectivity index (χ4v) is 1.59. The first-order valence-electron chi connectivity index (χ1n) is 5.78. The molecule has 0 unspecified atom stereocenters. The number of amides is 2. The first kappa shape index (κ1) is 13.8. The van der Waals surface area contributed by atoms with E-state index in [1.165, 1.54) is 4.90 Å². The van der Waals surface area contributed by atoms with Gasteiger partial charge in [0.1, 0.15) is 0 Å². The molecule has 0 aliphatic heterocycles. The van der Waals surface area contributed by atoms with Gasteiger partial charge < -0.3 is 19.6 Å². The summed E-state index contributed by atoms with van der Waals surface area (Å²) in [5.41, 5.74) is 0. The molecular weight excluding hydrogens is 224 g/mol. The third-order valence-corrected chi connectivity index (χ3v) is 2.76. The summed E-state index contributed by atoms with van der Waals surface area (Å²) >= 11 is 0. The molecule has 0 atom stereocenters. The van der Waals surface area contributed by atoms with Crippen molar-refractivity contribution < 1.29 is 19.4 Å². The molecule has 17 heavy (non-hydrogen) atoms. The third kappa shape index (κ3) is 4.60. The number of carboxylic acid groups (broad SMARTS) is 1. The van der Waals surface area contributed by atoms with Gasteiger partial charge in [0.05, 0.1) is 13.0 Å². The second-order valence-electron chi connectivity index (χ2n) is 4.27. The van der Waals surface area contributed by atoms with Crippen LogP contribution in [0.1, 0.15) is 19.3 Å². The molecule has 98 valence electrons. The first-order valence-corrected chi connectivity index (χ1v) is 5.78. The summed E-state index contributed by atoms with van der Waals surface area (Å²) in [7, 11) is 3.23. The number of ether oxygens (including phenoxy) is 1. The highest BCUT2D eigenvalue weighted by Crippen LogP contribution is 2.27. The maximum atomic E-state index is 12.0. The number of carbonyl (C=O) groups is 2. The van der Waals surface area contributed by atoms with Crippen molar-refractivity contribution in [3.8, 4) is 0 Å². The lowest BCUT2D eigenvalue weighted by Gasteiger charge is -2.27. The van der Waals surface area contributed by atoms with Gasteiger partial charge in [-0.15, -0.1) is 0 Å². The first-order chi connectivity index (χ1) is 8.06. The maximum absolute atomic E-state index is 12.0. The van der Waals surface area contributed by atoms with Crippen molar-refractivity contribution >= 4 is 12.0 Å². The second kappa shape index (κ2) is 6.44. The van der Waals surface area contributed by atoms with Crippen LogP contribution in [0.3, 0.4) is 0 Å². The number of rotatable bonds is 7. The smallest absolute Gasteiger partial charge is 0.320 e. The lowest BCUT2D eigenvalue weighted by Crippen LogP contribution is -2.44. The van der Waals surface area contributed by atoms with Gasteiger partial charge in [0.2, 0.25) is 0 Å². The van der Waals surface area contributed by atoms with Crippen LogP contribution in [0.4, 0.5) is 4.79 Å². The van der Waals surface area contributed by atoms with Gasteiger partial charge in [-0.25, -0.2) is 4.79 Å². The Morgan fingerprint density at radius 3 is 2.47 bits per heavy atom. The van der Waals surface area contributed by atoms with Crippen molar-refractivity contribution in [3.63, 3.8) is 0 Å². The van der Waals surface area contributed by atoms with Gasteiger partial charge in [-0.05, 0) is 12.8 Å². The van der Waals surface area contributed by atoms with Crippen LogP contribution in [0.15, 0.2) is 0 Å². The van der Waals surface area contributed by atoms with Crippen molar-refractivity contribution in [2.45, 2.75) is 25.3 Å². The lowest BCUT2D eigenvalue weighted by molar-refractivity contribution is -0.137.